The maximum atomic E-state index is 7.32. The van der Waals surface area contributed by atoms with Gasteiger partial charge in [-0.25, -0.2) is 4.98 Å². The fourth-order valence-corrected chi connectivity index (χ4v) is 1.14. The van der Waals surface area contributed by atoms with Gasteiger partial charge in [-0.3, -0.25) is 0 Å². The minimum atomic E-state index is 0.459. The zero-order valence-electron chi connectivity index (χ0n) is 8.27. The Kier molecular flexibility index (Phi) is 2.49. The predicted molar refractivity (Wildman–Crippen MR) is 56.0 cm³/mol. The molecule has 0 saturated carbocycles. The van der Waals surface area contributed by atoms with E-state index in [1.165, 1.54) is 0 Å². The van der Waals surface area contributed by atoms with E-state index in [0.717, 1.165) is 0 Å². The van der Waals surface area contributed by atoms with Gasteiger partial charge in [-0.15, -0.1) is 0 Å². The van der Waals surface area contributed by atoms with Crippen LogP contribution in [0.25, 0.3) is 0 Å². The smallest absolute Gasteiger partial charge is 0.222 e. The summed E-state index contributed by atoms with van der Waals surface area (Å²) >= 11 is 0. The van der Waals surface area contributed by atoms with E-state index in [-0.39, 0.29) is 0 Å². The van der Waals surface area contributed by atoms with Crippen LogP contribution in [0.1, 0.15) is 5.82 Å². The number of ether oxygens (including phenoxy) is 1. The largest absolute Gasteiger partial charge is 0.439 e. The zero-order chi connectivity index (χ0) is 10.7. The van der Waals surface area contributed by atoms with E-state index < -0.39 is 0 Å². The molecule has 0 aliphatic carbocycles. The minimum absolute atomic E-state index is 0.459. The summed E-state index contributed by atoms with van der Waals surface area (Å²) in [6.45, 7) is 1.81. The molecule has 0 unspecified atom stereocenters. The van der Waals surface area contributed by atoms with Crippen molar-refractivity contribution >= 4 is 5.69 Å². The van der Waals surface area contributed by atoms with Crippen LogP contribution in [0.2, 0.25) is 0 Å². The summed E-state index contributed by atoms with van der Waals surface area (Å²) in [4.78, 5) is 8.09. The van der Waals surface area contributed by atoms with Gasteiger partial charge in [-0.1, -0.05) is 0 Å². The van der Waals surface area contributed by atoms with E-state index in [9.17, 15) is 0 Å². The van der Waals surface area contributed by atoms with Gasteiger partial charge in [0.15, 0.2) is 0 Å². The van der Waals surface area contributed by atoms with Crippen molar-refractivity contribution in [2.45, 2.75) is 6.92 Å². The molecule has 2 aromatic rings. The van der Waals surface area contributed by atoms with Crippen molar-refractivity contribution in [1.29, 1.82) is 0 Å². The van der Waals surface area contributed by atoms with Crippen LogP contribution in [-0.4, -0.2) is 9.97 Å². The van der Waals surface area contributed by atoms with Crippen molar-refractivity contribution in [3.63, 3.8) is 0 Å². The lowest BCUT2D eigenvalue weighted by Crippen LogP contribution is -1.91. The summed E-state index contributed by atoms with van der Waals surface area (Å²) in [5, 5.41) is 0. The van der Waals surface area contributed by atoms with Crippen molar-refractivity contribution in [3.05, 3.63) is 42.4 Å². The Labute approximate surface area is 87.7 Å². The molecule has 4 heteroatoms. The Balaban J connectivity index is 2.18. The van der Waals surface area contributed by atoms with E-state index >= 15 is 0 Å². The molecular weight excluding hydrogens is 190 g/mol. The third kappa shape index (κ3) is 2.43. The van der Waals surface area contributed by atoms with Crippen LogP contribution in [0, 0.1) is 6.92 Å². The average molecular weight is 200 g/mol. The third-order valence-electron chi connectivity index (χ3n) is 1.83. The molecule has 1 aromatic carbocycles. The summed E-state index contributed by atoms with van der Waals surface area (Å²) in [7, 11) is 0. The van der Waals surface area contributed by atoms with Crippen LogP contribution in [0.5, 0.6) is 11.6 Å². The number of rotatable bonds is 2. The Hall–Kier alpha value is -2.10. The topological polar surface area (TPSA) is 58.8 Å². The molecule has 0 atom stereocenters. The van der Waals surface area contributed by atoms with Crippen molar-refractivity contribution in [2.24, 2.45) is 0 Å². The SMILES string of the molecule is Cc1nccc(Oc2ccc([NH])cc2)n1. The predicted octanol–water partition coefficient (Wildman–Crippen LogP) is 2.49. The second kappa shape index (κ2) is 3.96. The number of hydrogen-bond donors (Lipinski definition) is 0. The maximum absolute atomic E-state index is 7.32. The first-order chi connectivity index (χ1) is 7.24. The van der Waals surface area contributed by atoms with Crippen LogP contribution < -0.4 is 10.5 Å². The maximum Gasteiger partial charge on any atom is 0.222 e. The second-order valence-corrected chi connectivity index (χ2v) is 3.07. The van der Waals surface area contributed by atoms with Gasteiger partial charge < -0.3 is 10.5 Å². The number of benzene rings is 1. The molecule has 4 nitrogen and oxygen atoms in total. The van der Waals surface area contributed by atoms with Crippen molar-refractivity contribution in [1.82, 2.24) is 15.7 Å². The van der Waals surface area contributed by atoms with Gasteiger partial charge in [-0.05, 0) is 31.2 Å². The fourth-order valence-electron chi connectivity index (χ4n) is 1.14. The quantitative estimate of drug-likeness (QED) is 0.748. The van der Waals surface area contributed by atoms with Crippen molar-refractivity contribution < 1.29 is 4.74 Å². The number of aromatic nitrogens is 2. The van der Waals surface area contributed by atoms with Gasteiger partial charge >= 0.3 is 0 Å². The minimum Gasteiger partial charge on any atom is -0.439 e. The lowest BCUT2D eigenvalue weighted by molar-refractivity contribution is 0.460. The number of hydrogen-bond acceptors (Lipinski definition) is 3. The molecule has 2 rings (SSSR count). The zero-order valence-corrected chi connectivity index (χ0v) is 8.27. The molecule has 0 aliphatic rings. The molecule has 0 amide bonds. The molecule has 15 heavy (non-hydrogen) atoms. The summed E-state index contributed by atoms with van der Waals surface area (Å²) in [6.07, 6.45) is 1.65. The van der Waals surface area contributed by atoms with Gasteiger partial charge in [0.25, 0.3) is 0 Å². The van der Waals surface area contributed by atoms with Gasteiger partial charge in [0.2, 0.25) is 5.88 Å². The van der Waals surface area contributed by atoms with E-state index in [4.69, 9.17) is 10.5 Å². The molecule has 1 N–H and O–H groups in total. The molecule has 0 fully saturated rings. The summed E-state index contributed by atoms with van der Waals surface area (Å²) < 4.78 is 5.48. The molecule has 0 saturated heterocycles. The number of nitrogens with one attached hydrogen (secondary N) is 1. The second-order valence-electron chi connectivity index (χ2n) is 3.07. The van der Waals surface area contributed by atoms with Crippen molar-refractivity contribution in [2.75, 3.05) is 0 Å². The molecule has 75 valence electrons. The highest BCUT2D eigenvalue weighted by Gasteiger charge is 1.98. The molecule has 0 aliphatic heterocycles. The van der Waals surface area contributed by atoms with Crippen LogP contribution in [0.4, 0.5) is 5.69 Å². The standard InChI is InChI=1S/C11H10N3O/c1-8-13-7-6-11(14-8)15-10-4-2-9(12)3-5-10/h2-7,12H,1H3. The first-order valence-corrected chi connectivity index (χ1v) is 4.53. The summed E-state index contributed by atoms with van der Waals surface area (Å²) in [5.74, 6) is 1.86. The number of aryl methyl sites for hydroxylation is 1. The van der Waals surface area contributed by atoms with Gasteiger partial charge in [0, 0.05) is 12.3 Å². The van der Waals surface area contributed by atoms with Crippen LogP contribution in [-0.2, 0) is 0 Å². The summed E-state index contributed by atoms with van der Waals surface area (Å²) in [5.41, 5.74) is 7.78. The third-order valence-corrected chi connectivity index (χ3v) is 1.83. The van der Waals surface area contributed by atoms with Gasteiger partial charge in [0.1, 0.15) is 11.6 Å². The van der Waals surface area contributed by atoms with Crippen molar-refractivity contribution in [3.8, 4) is 11.6 Å². The van der Waals surface area contributed by atoms with Crippen LogP contribution >= 0.6 is 0 Å². The Morgan fingerprint density at radius 1 is 1.13 bits per heavy atom. The molecular formula is C11H10N3O. The first kappa shape index (κ1) is 9.45. The molecule has 0 bridgehead atoms. The average Bonchev–Trinajstić information content (AvgIpc) is 2.22. The lowest BCUT2D eigenvalue weighted by Gasteiger charge is -2.04. The van der Waals surface area contributed by atoms with Crippen LogP contribution in [0.15, 0.2) is 36.5 Å². The first-order valence-electron chi connectivity index (χ1n) is 4.53. The van der Waals surface area contributed by atoms with E-state index in [1.807, 2.05) is 0 Å². The summed E-state index contributed by atoms with van der Waals surface area (Å²) in [6, 6.07) is 8.51. The lowest BCUT2D eigenvalue weighted by atomic mass is 10.3. The van der Waals surface area contributed by atoms with Crippen LogP contribution in [0.3, 0.4) is 0 Å². The van der Waals surface area contributed by atoms with Gasteiger partial charge in [0.05, 0.1) is 5.69 Å². The Morgan fingerprint density at radius 3 is 2.53 bits per heavy atom. The highest BCUT2D eigenvalue weighted by atomic mass is 16.5. The van der Waals surface area contributed by atoms with E-state index in [2.05, 4.69) is 9.97 Å². The normalized spacial score (nSPS) is 9.93. The molecule has 1 aromatic heterocycles. The molecule has 1 radical (unpaired) electrons. The van der Waals surface area contributed by atoms with Gasteiger partial charge in [-0.2, -0.15) is 4.98 Å². The van der Waals surface area contributed by atoms with E-state index in [1.54, 1.807) is 43.5 Å². The highest BCUT2D eigenvalue weighted by molar-refractivity contribution is 5.39. The Bertz CT molecular complexity index is 454. The Morgan fingerprint density at radius 2 is 1.87 bits per heavy atom. The number of nitrogens with zero attached hydrogens (tertiary/aromatic N) is 2. The fraction of sp³-hybridized carbons (Fsp3) is 0.0909. The van der Waals surface area contributed by atoms with E-state index in [0.29, 0.717) is 23.1 Å². The highest BCUT2D eigenvalue weighted by Crippen LogP contribution is 2.20. The monoisotopic (exact) mass is 200 g/mol. The molecule has 0 spiro atoms. The molecule has 1 heterocycles.